The van der Waals surface area contributed by atoms with Crippen LogP contribution in [-0.2, 0) is 0 Å². The zero-order chi connectivity index (χ0) is 15.0. The average Bonchev–Trinajstić information content (AvgIpc) is 2.94. The predicted molar refractivity (Wildman–Crippen MR) is 85.0 cm³/mol. The van der Waals surface area contributed by atoms with E-state index in [1.54, 1.807) is 6.07 Å². The second-order valence-corrected chi connectivity index (χ2v) is 5.18. The molecule has 0 saturated carbocycles. The van der Waals surface area contributed by atoms with Gasteiger partial charge in [0.15, 0.2) is 11.0 Å². The molecule has 3 rings (SSSR count). The Morgan fingerprint density at radius 2 is 1.86 bits per heavy atom. The first-order chi connectivity index (χ1) is 10.1. The molecule has 0 unspecified atom stereocenters. The minimum absolute atomic E-state index is 0.551. The number of rotatable bonds is 3. The molecule has 0 saturated heterocycles. The summed E-state index contributed by atoms with van der Waals surface area (Å²) in [6, 6.07) is 9.85. The van der Waals surface area contributed by atoms with Crippen LogP contribution in [0.4, 0.5) is 22.7 Å². The van der Waals surface area contributed by atoms with Gasteiger partial charge in [-0.2, -0.15) is 0 Å². The van der Waals surface area contributed by atoms with Crippen LogP contribution in [0.1, 0.15) is 5.56 Å². The molecule has 0 aliphatic rings. The maximum absolute atomic E-state index is 5.85. The van der Waals surface area contributed by atoms with Crippen molar-refractivity contribution >= 4 is 33.8 Å². The third kappa shape index (κ3) is 2.35. The summed E-state index contributed by atoms with van der Waals surface area (Å²) in [5.74, 6) is 0. The summed E-state index contributed by atoms with van der Waals surface area (Å²) >= 11 is 0. The summed E-state index contributed by atoms with van der Waals surface area (Å²) in [5, 5.41) is 11.1. The van der Waals surface area contributed by atoms with Crippen LogP contribution in [0.25, 0.3) is 11.0 Å². The molecule has 0 radical (unpaired) electrons. The van der Waals surface area contributed by atoms with Crippen molar-refractivity contribution in [3.8, 4) is 0 Å². The van der Waals surface area contributed by atoms with Crippen molar-refractivity contribution in [2.24, 2.45) is 0 Å². The number of anilines is 4. The first kappa shape index (κ1) is 13.2. The van der Waals surface area contributed by atoms with Crippen LogP contribution in [0.15, 0.2) is 35.0 Å². The Kier molecular flexibility index (Phi) is 3.13. The van der Waals surface area contributed by atoms with Gasteiger partial charge in [-0.1, -0.05) is 6.07 Å². The molecular formula is C15H17N5O. The molecule has 0 aliphatic carbocycles. The van der Waals surface area contributed by atoms with Gasteiger partial charge in [-0.3, -0.25) is 0 Å². The van der Waals surface area contributed by atoms with E-state index in [0.717, 1.165) is 17.1 Å². The number of benzene rings is 2. The SMILES string of the molecule is Cc1ccc(Nc2ccc(N)c3nonc23)cc1N(C)C. The van der Waals surface area contributed by atoms with Crippen LogP contribution in [0.2, 0.25) is 0 Å². The van der Waals surface area contributed by atoms with Gasteiger partial charge in [-0.15, -0.1) is 0 Å². The maximum atomic E-state index is 5.85. The lowest BCUT2D eigenvalue weighted by Gasteiger charge is -2.17. The predicted octanol–water partition coefficient (Wildman–Crippen LogP) is 2.92. The van der Waals surface area contributed by atoms with E-state index in [-0.39, 0.29) is 0 Å². The van der Waals surface area contributed by atoms with Gasteiger partial charge in [-0.25, -0.2) is 4.63 Å². The van der Waals surface area contributed by atoms with E-state index >= 15 is 0 Å². The molecule has 1 aromatic heterocycles. The lowest BCUT2D eigenvalue weighted by Crippen LogP contribution is -2.10. The Labute approximate surface area is 122 Å². The van der Waals surface area contributed by atoms with Gasteiger partial charge in [0.25, 0.3) is 0 Å². The highest BCUT2D eigenvalue weighted by Crippen LogP contribution is 2.30. The second-order valence-electron chi connectivity index (χ2n) is 5.18. The van der Waals surface area contributed by atoms with Crippen LogP contribution in [-0.4, -0.2) is 24.4 Å². The van der Waals surface area contributed by atoms with Gasteiger partial charge in [0.2, 0.25) is 0 Å². The number of nitrogens with two attached hydrogens (primary N) is 1. The third-order valence-corrected chi connectivity index (χ3v) is 3.42. The Morgan fingerprint density at radius 3 is 2.62 bits per heavy atom. The van der Waals surface area contributed by atoms with Crippen LogP contribution in [0.5, 0.6) is 0 Å². The van der Waals surface area contributed by atoms with E-state index < -0.39 is 0 Å². The van der Waals surface area contributed by atoms with Gasteiger partial charge in [0.1, 0.15) is 0 Å². The molecule has 0 spiro atoms. The van der Waals surface area contributed by atoms with E-state index in [2.05, 4.69) is 39.6 Å². The van der Waals surface area contributed by atoms with Gasteiger partial charge in [0, 0.05) is 25.5 Å². The number of nitrogen functional groups attached to an aromatic ring is 1. The average molecular weight is 283 g/mol. The van der Waals surface area contributed by atoms with Gasteiger partial charge >= 0.3 is 0 Å². The minimum atomic E-state index is 0.551. The molecule has 0 aliphatic heterocycles. The lowest BCUT2D eigenvalue weighted by atomic mass is 10.1. The monoisotopic (exact) mass is 283 g/mol. The molecule has 0 fully saturated rings. The van der Waals surface area contributed by atoms with Crippen LogP contribution >= 0.6 is 0 Å². The fraction of sp³-hybridized carbons (Fsp3) is 0.200. The molecule has 108 valence electrons. The highest BCUT2D eigenvalue weighted by Gasteiger charge is 2.11. The zero-order valence-electron chi connectivity index (χ0n) is 12.2. The van der Waals surface area contributed by atoms with Gasteiger partial charge < -0.3 is 16.0 Å². The normalized spacial score (nSPS) is 10.8. The first-order valence-corrected chi connectivity index (χ1v) is 6.62. The number of aryl methyl sites for hydroxylation is 1. The fourth-order valence-corrected chi connectivity index (χ4v) is 2.31. The van der Waals surface area contributed by atoms with E-state index in [1.807, 2.05) is 26.2 Å². The molecular weight excluding hydrogens is 266 g/mol. The summed E-state index contributed by atoms with van der Waals surface area (Å²) in [7, 11) is 4.05. The number of nitrogens with zero attached hydrogens (tertiary/aromatic N) is 3. The summed E-state index contributed by atoms with van der Waals surface area (Å²) in [5.41, 5.74) is 11.8. The zero-order valence-corrected chi connectivity index (χ0v) is 12.2. The highest BCUT2D eigenvalue weighted by atomic mass is 16.6. The lowest BCUT2D eigenvalue weighted by molar-refractivity contribution is 0.316. The Bertz CT molecular complexity index is 794. The molecule has 21 heavy (non-hydrogen) atoms. The Morgan fingerprint density at radius 1 is 1.10 bits per heavy atom. The van der Waals surface area contributed by atoms with E-state index in [9.17, 15) is 0 Å². The van der Waals surface area contributed by atoms with Crippen molar-refractivity contribution in [2.75, 3.05) is 30.0 Å². The van der Waals surface area contributed by atoms with Crippen LogP contribution in [0.3, 0.4) is 0 Å². The topological polar surface area (TPSA) is 80.2 Å². The number of nitrogens with one attached hydrogen (secondary N) is 1. The number of hydrogen-bond acceptors (Lipinski definition) is 6. The molecule has 2 aromatic carbocycles. The third-order valence-electron chi connectivity index (χ3n) is 3.42. The van der Waals surface area contributed by atoms with E-state index in [1.165, 1.54) is 5.56 Å². The maximum Gasteiger partial charge on any atom is 0.160 e. The quantitative estimate of drug-likeness (QED) is 0.719. The van der Waals surface area contributed by atoms with E-state index in [4.69, 9.17) is 10.4 Å². The molecule has 0 atom stereocenters. The van der Waals surface area contributed by atoms with Crippen LogP contribution < -0.4 is 16.0 Å². The van der Waals surface area contributed by atoms with Crippen molar-refractivity contribution < 1.29 is 4.63 Å². The van der Waals surface area contributed by atoms with Crippen molar-refractivity contribution in [3.05, 3.63) is 35.9 Å². The molecule has 0 bridgehead atoms. The minimum Gasteiger partial charge on any atom is -0.397 e. The molecule has 6 nitrogen and oxygen atoms in total. The smallest absolute Gasteiger partial charge is 0.160 e. The van der Waals surface area contributed by atoms with Gasteiger partial charge in [0.05, 0.1) is 11.4 Å². The molecule has 3 aromatic rings. The van der Waals surface area contributed by atoms with Crippen molar-refractivity contribution in [1.29, 1.82) is 0 Å². The molecule has 1 heterocycles. The van der Waals surface area contributed by atoms with Crippen molar-refractivity contribution in [1.82, 2.24) is 10.3 Å². The van der Waals surface area contributed by atoms with Crippen molar-refractivity contribution in [2.45, 2.75) is 6.92 Å². The number of hydrogen-bond donors (Lipinski definition) is 2. The molecule has 6 heteroatoms. The summed E-state index contributed by atoms with van der Waals surface area (Å²) in [4.78, 5) is 2.08. The molecule has 0 amide bonds. The fourth-order valence-electron chi connectivity index (χ4n) is 2.31. The highest BCUT2D eigenvalue weighted by molar-refractivity contribution is 5.96. The van der Waals surface area contributed by atoms with E-state index in [0.29, 0.717) is 16.7 Å². The second kappa shape index (κ2) is 4.97. The summed E-state index contributed by atoms with van der Waals surface area (Å²) < 4.78 is 4.78. The van der Waals surface area contributed by atoms with Crippen LogP contribution in [0, 0.1) is 6.92 Å². The Hall–Kier alpha value is -2.76. The first-order valence-electron chi connectivity index (χ1n) is 6.62. The standard InChI is InChI=1S/C15H17N5O/c1-9-4-5-10(8-13(9)20(2)3)17-12-7-6-11(16)14-15(12)19-21-18-14/h4-8,17H,16H2,1-3H3. The largest absolute Gasteiger partial charge is 0.397 e. The summed E-state index contributed by atoms with van der Waals surface area (Å²) in [6.07, 6.45) is 0. The number of fused-ring (bicyclic) bond motifs is 1. The van der Waals surface area contributed by atoms with Gasteiger partial charge in [-0.05, 0) is 47.1 Å². The summed E-state index contributed by atoms with van der Waals surface area (Å²) in [6.45, 7) is 2.09. The Balaban J connectivity index is 2.01. The van der Waals surface area contributed by atoms with Crippen molar-refractivity contribution in [3.63, 3.8) is 0 Å². The number of aromatic nitrogens is 2. The molecule has 3 N–H and O–H groups in total.